The van der Waals surface area contributed by atoms with Gasteiger partial charge >= 0.3 is 0 Å². The zero-order chi connectivity index (χ0) is 13.0. The molecular weight excluding hydrogens is 314 g/mol. The normalized spacial score (nSPS) is 16.3. The van der Waals surface area contributed by atoms with Gasteiger partial charge in [0.15, 0.2) is 0 Å². The topological polar surface area (TPSA) is 38.3 Å². The summed E-state index contributed by atoms with van der Waals surface area (Å²) in [6.45, 7) is 0. The molecule has 0 bridgehead atoms. The minimum Gasteiger partial charge on any atom is -0.496 e. The van der Waals surface area contributed by atoms with E-state index < -0.39 is 0 Å². The van der Waals surface area contributed by atoms with Crippen LogP contribution in [0.1, 0.15) is 23.2 Å². The predicted molar refractivity (Wildman–Crippen MR) is 78.5 cm³/mol. The summed E-state index contributed by atoms with van der Waals surface area (Å²) in [5.41, 5.74) is 0.596. The first-order chi connectivity index (χ1) is 8.70. The van der Waals surface area contributed by atoms with Crippen molar-refractivity contribution in [3.05, 3.63) is 28.2 Å². The quantitative estimate of drug-likeness (QED) is 0.926. The maximum absolute atomic E-state index is 12.2. The van der Waals surface area contributed by atoms with E-state index in [4.69, 9.17) is 4.74 Å². The first-order valence-corrected chi connectivity index (χ1v) is 7.87. The summed E-state index contributed by atoms with van der Waals surface area (Å²) in [6, 6.07) is 5.75. The van der Waals surface area contributed by atoms with E-state index in [0.29, 0.717) is 17.4 Å². The maximum Gasteiger partial charge on any atom is 0.255 e. The zero-order valence-electron chi connectivity index (χ0n) is 10.2. The van der Waals surface area contributed by atoms with E-state index in [0.717, 1.165) is 28.8 Å². The second kappa shape index (κ2) is 6.48. The third kappa shape index (κ3) is 3.42. The molecule has 1 heterocycles. The number of thioether (sulfide) groups is 1. The molecule has 1 aliphatic rings. The Morgan fingerprint density at radius 3 is 2.83 bits per heavy atom. The van der Waals surface area contributed by atoms with E-state index in [1.807, 2.05) is 23.9 Å². The second-order valence-corrected chi connectivity index (χ2v) is 6.35. The number of rotatable bonds is 3. The van der Waals surface area contributed by atoms with Crippen LogP contribution in [0.3, 0.4) is 0 Å². The van der Waals surface area contributed by atoms with Crippen LogP contribution in [0.4, 0.5) is 0 Å². The van der Waals surface area contributed by atoms with Crippen LogP contribution in [0, 0.1) is 0 Å². The van der Waals surface area contributed by atoms with Crippen LogP contribution < -0.4 is 10.1 Å². The van der Waals surface area contributed by atoms with Gasteiger partial charge in [-0.2, -0.15) is 11.8 Å². The van der Waals surface area contributed by atoms with Crippen LogP contribution >= 0.6 is 27.7 Å². The maximum atomic E-state index is 12.2. The summed E-state index contributed by atoms with van der Waals surface area (Å²) >= 11 is 5.32. The predicted octanol–water partition coefficient (Wildman–Crippen LogP) is 3.08. The molecule has 1 fully saturated rings. The van der Waals surface area contributed by atoms with Gasteiger partial charge in [0.1, 0.15) is 5.75 Å². The van der Waals surface area contributed by atoms with Crippen LogP contribution in [0.15, 0.2) is 22.7 Å². The molecule has 2 rings (SSSR count). The fourth-order valence-corrected chi connectivity index (χ4v) is 3.40. The Morgan fingerprint density at radius 1 is 1.44 bits per heavy atom. The Balaban J connectivity index is 2.08. The van der Waals surface area contributed by atoms with Gasteiger partial charge in [0.25, 0.3) is 5.91 Å². The molecule has 1 N–H and O–H groups in total. The van der Waals surface area contributed by atoms with Gasteiger partial charge < -0.3 is 10.1 Å². The molecule has 0 spiro atoms. The van der Waals surface area contributed by atoms with Crippen molar-refractivity contribution in [2.24, 2.45) is 0 Å². The van der Waals surface area contributed by atoms with Crippen molar-refractivity contribution in [2.45, 2.75) is 18.9 Å². The lowest BCUT2D eigenvalue weighted by atomic mass is 10.1. The van der Waals surface area contributed by atoms with Crippen molar-refractivity contribution in [3.8, 4) is 5.75 Å². The third-order valence-electron chi connectivity index (χ3n) is 2.96. The van der Waals surface area contributed by atoms with Crippen LogP contribution in [0.25, 0.3) is 0 Å². The van der Waals surface area contributed by atoms with Crippen molar-refractivity contribution < 1.29 is 9.53 Å². The van der Waals surface area contributed by atoms with E-state index >= 15 is 0 Å². The van der Waals surface area contributed by atoms with Crippen molar-refractivity contribution in [1.29, 1.82) is 0 Å². The van der Waals surface area contributed by atoms with Crippen LogP contribution in [0.5, 0.6) is 5.75 Å². The van der Waals surface area contributed by atoms with Crippen molar-refractivity contribution in [1.82, 2.24) is 5.32 Å². The monoisotopic (exact) mass is 329 g/mol. The molecular formula is C13H16BrNO2S. The molecule has 18 heavy (non-hydrogen) atoms. The Bertz CT molecular complexity index is 433. The summed E-state index contributed by atoms with van der Waals surface area (Å²) in [5.74, 6) is 2.81. The number of nitrogens with one attached hydrogen (secondary N) is 1. The first kappa shape index (κ1) is 13.7. The number of carbonyl (C=O) groups excluding carboxylic acids is 1. The molecule has 1 amide bonds. The molecule has 0 aliphatic carbocycles. The number of carbonyl (C=O) groups is 1. The molecule has 0 aromatic heterocycles. The molecule has 5 heteroatoms. The highest BCUT2D eigenvalue weighted by molar-refractivity contribution is 9.10. The molecule has 0 saturated carbocycles. The number of methoxy groups -OCH3 is 1. The number of amides is 1. The number of ether oxygens (including phenoxy) is 1. The lowest BCUT2D eigenvalue weighted by Crippen LogP contribution is -2.37. The zero-order valence-corrected chi connectivity index (χ0v) is 12.6. The number of hydrogen-bond acceptors (Lipinski definition) is 3. The Labute approximate surface area is 120 Å². The smallest absolute Gasteiger partial charge is 0.255 e. The number of benzene rings is 1. The minimum atomic E-state index is -0.0451. The van der Waals surface area contributed by atoms with Crippen LogP contribution in [0.2, 0.25) is 0 Å². The van der Waals surface area contributed by atoms with E-state index in [-0.39, 0.29) is 5.91 Å². The highest BCUT2D eigenvalue weighted by atomic mass is 79.9. The average molecular weight is 330 g/mol. The highest BCUT2D eigenvalue weighted by Crippen LogP contribution is 2.24. The number of halogens is 1. The van der Waals surface area contributed by atoms with Gasteiger partial charge in [-0.05, 0) is 42.5 Å². The van der Waals surface area contributed by atoms with Gasteiger partial charge in [-0.25, -0.2) is 0 Å². The SMILES string of the molecule is COc1cc(Br)ccc1C(=O)NC1CCSCC1. The average Bonchev–Trinajstić information content (AvgIpc) is 2.39. The first-order valence-electron chi connectivity index (χ1n) is 5.93. The molecule has 1 aliphatic heterocycles. The number of hydrogen-bond donors (Lipinski definition) is 1. The fraction of sp³-hybridized carbons (Fsp3) is 0.462. The van der Waals surface area contributed by atoms with Crippen LogP contribution in [-0.2, 0) is 0 Å². The molecule has 1 saturated heterocycles. The minimum absolute atomic E-state index is 0.0451. The molecule has 0 atom stereocenters. The Kier molecular flexibility index (Phi) is 4.95. The van der Waals surface area contributed by atoms with Crippen molar-refractivity contribution in [3.63, 3.8) is 0 Å². The summed E-state index contributed by atoms with van der Waals surface area (Å²) in [4.78, 5) is 12.2. The largest absolute Gasteiger partial charge is 0.496 e. The standard InChI is InChI=1S/C13H16BrNO2S/c1-17-12-8-9(14)2-3-11(12)13(16)15-10-4-6-18-7-5-10/h2-3,8,10H,4-7H2,1H3,(H,15,16). The molecule has 0 radical (unpaired) electrons. The Hall–Kier alpha value is -0.680. The van der Waals surface area contributed by atoms with Crippen molar-refractivity contribution in [2.75, 3.05) is 18.6 Å². The van der Waals surface area contributed by atoms with Gasteiger partial charge in [-0.3, -0.25) is 4.79 Å². The highest BCUT2D eigenvalue weighted by Gasteiger charge is 2.19. The third-order valence-corrected chi connectivity index (χ3v) is 4.51. The van der Waals surface area contributed by atoms with Crippen LogP contribution in [-0.4, -0.2) is 30.6 Å². The fourth-order valence-electron chi connectivity index (χ4n) is 1.96. The molecule has 1 aromatic carbocycles. The van der Waals surface area contributed by atoms with E-state index in [2.05, 4.69) is 21.2 Å². The summed E-state index contributed by atoms with van der Waals surface area (Å²) < 4.78 is 6.15. The van der Waals surface area contributed by atoms with E-state index in [1.54, 1.807) is 13.2 Å². The van der Waals surface area contributed by atoms with Gasteiger partial charge in [-0.15, -0.1) is 0 Å². The van der Waals surface area contributed by atoms with E-state index in [9.17, 15) is 4.79 Å². The van der Waals surface area contributed by atoms with Gasteiger partial charge in [0.05, 0.1) is 12.7 Å². The molecule has 1 aromatic rings. The lowest BCUT2D eigenvalue weighted by molar-refractivity contribution is 0.0932. The Morgan fingerprint density at radius 2 is 2.17 bits per heavy atom. The molecule has 0 unspecified atom stereocenters. The summed E-state index contributed by atoms with van der Waals surface area (Å²) in [7, 11) is 1.58. The summed E-state index contributed by atoms with van der Waals surface area (Å²) in [5, 5.41) is 3.08. The van der Waals surface area contributed by atoms with Gasteiger partial charge in [0.2, 0.25) is 0 Å². The molecule has 98 valence electrons. The van der Waals surface area contributed by atoms with Crippen molar-refractivity contribution >= 4 is 33.6 Å². The second-order valence-electron chi connectivity index (χ2n) is 4.20. The van der Waals surface area contributed by atoms with Gasteiger partial charge in [-0.1, -0.05) is 15.9 Å². The summed E-state index contributed by atoms with van der Waals surface area (Å²) in [6.07, 6.45) is 2.10. The van der Waals surface area contributed by atoms with E-state index in [1.165, 1.54) is 0 Å². The lowest BCUT2D eigenvalue weighted by Gasteiger charge is -2.23. The van der Waals surface area contributed by atoms with Gasteiger partial charge in [0, 0.05) is 10.5 Å². The molecule has 3 nitrogen and oxygen atoms in total.